The summed E-state index contributed by atoms with van der Waals surface area (Å²) in [5.41, 5.74) is 0. The van der Waals surface area contributed by atoms with E-state index in [1.807, 2.05) is 23.9 Å². The zero-order valence-electron chi connectivity index (χ0n) is 10.9. The fourth-order valence-electron chi connectivity index (χ4n) is 2.20. The summed E-state index contributed by atoms with van der Waals surface area (Å²) in [6, 6.07) is 7.30. The summed E-state index contributed by atoms with van der Waals surface area (Å²) in [6.07, 6.45) is 0.955. The Labute approximate surface area is 117 Å². The Morgan fingerprint density at radius 2 is 2.21 bits per heavy atom. The van der Waals surface area contributed by atoms with Crippen LogP contribution >= 0.6 is 11.8 Å². The van der Waals surface area contributed by atoms with Crippen LogP contribution in [0.1, 0.15) is 6.42 Å². The van der Waals surface area contributed by atoms with Crippen molar-refractivity contribution in [3.8, 4) is 11.5 Å². The topological polar surface area (TPSA) is 55.8 Å². The lowest BCUT2D eigenvalue weighted by atomic mass is 9.93. The zero-order valence-corrected chi connectivity index (χ0v) is 11.7. The average molecular weight is 282 g/mol. The summed E-state index contributed by atoms with van der Waals surface area (Å²) in [6.45, 7) is 0.195. The van der Waals surface area contributed by atoms with E-state index in [4.69, 9.17) is 9.47 Å². The maximum atomic E-state index is 11.3. The molecule has 0 spiro atoms. The normalized spacial score (nSPS) is 19.9. The van der Waals surface area contributed by atoms with Crippen molar-refractivity contribution in [2.24, 2.45) is 11.8 Å². The van der Waals surface area contributed by atoms with Gasteiger partial charge in [0.2, 0.25) is 0 Å². The highest BCUT2D eigenvalue weighted by Gasteiger charge is 2.31. The standard InChI is InChI=1S/C14H18O4S/c1-17-12-4-2-3-5-13(12)18-8-11(14(15)16)10-6-7-19-9-10/h2-5,10-11H,6-9H2,1H3,(H,15,16). The number of aliphatic carboxylic acids is 1. The van der Waals surface area contributed by atoms with E-state index >= 15 is 0 Å². The molecule has 0 saturated carbocycles. The Kier molecular flexibility index (Phi) is 4.96. The quantitative estimate of drug-likeness (QED) is 0.869. The van der Waals surface area contributed by atoms with Gasteiger partial charge in [-0.3, -0.25) is 4.79 Å². The lowest BCUT2D eigenvalue weighted by Crippen LogP contribution is -2.29. The van der Waals surface area contributed by atoms with E-state index in [1.54, 1.807) is 19.2 Å². The van der Waals surface area contributed by atoms with Crippen molar-refractivity contribution < 1.29 is 19.4 Å². The number of rotatable bonds is 6. The van der Waals surface area contributed by atoms with Crippen LogP contribution in [0.15, 0.2) is 24.3 Å². The molecule has 1 fully saturated rings. The fourth-order valence-corrected chi connectivity index (χ4v) is 3.53. The molecule has 0 amide bonds. The molecule has 19 heavy (non-hydrogen) atoms. The molecule has 2 atom stereocenters. The zero-order chi connectivity index (χ0) is 13.7. The number of hydrogen-bond acceptors (Lipinski definition) is 4. The van der Waals surface area contributed by atoms with Gasteiger partial charge in [-0.25, -0.2) is 0 Å². The van der Waals surface area contributed by atoms with Crippen LogP contribution < -0.4 is 9.47 Å². The predicted octanol–water partition coefficient (Wildman–Crippen LogP) is 2.53. The van der Waals surface area contributed by atoms with Gasteiger partial charge in [-0.15, -0.1) is 0 Å². The van der Waals surface area contributed by atoms with Crippen LogP contribution in [0.2, 0.25) is 0 Å². The van der Waals surface area contributed by atoms with Crippen molar-refractivity contribution in [1.29, 1.82) is 0 Å². The molecule has 1 heterocycles. The third-order valence-electron chi connectivity index (χ3n) is 3.34. The van der Waals surface area contributed by atoms with Gasteiger partial charge in [-0.2, -0.15) is 11.8 Å². The molecule has 0 aliphatic carbocycles. The maximum absolute atomic E-state index is 11.3. The minimum atomic E-state index is -0.776. The Hall–Kier alpha value is -1.36. The minimum Gasteiger partial charge on any atom is -0.493 e. The summed E-state index contributed by atoms with van der Waals surface area (Å²) in [5.74, 6) is 2.17. The van der Waals surface area contributed by atoms with Crippen LogP contribution in [0, 0.1) is 11.8 Å². The lowest BCUT2D eigenvalue weighted by molar-refractivity contribution is -0.144. The summed E-state index contributed by atoms with van der Waals surface area (Å²) >= 11 is 1.81. The fraction of sp³-hybridized carbons (Fsp3) is 0.500. The Bertz CT molecular complexity index is 429. The summed E-state index contributed by atoms with van der Waals surface area (Å²) in [4.78, 5) is 11.3. The molecule has 4 nitrogen and oxygen atoms in total. The van der Waals surface area contributed by atoms with E-state index in [1.165, 1.54) is 0 Å². The minimum absolute atomic E-state index is 0.195. The van der Waals surface area contributed by atoms with Gasteiger partial charge in [-0.1, -0.05) is 12.1 Å². The molecular formula is C14H18O4S. The first-order chi connectivity index (χ1) is 9.22. The number of carboxylic acid groups (broad SMARTS) is 1. The van der Waals surface area contributed by atoms with Crippen molar-refractivity contribution in [3.63, 3.8) is 0 Å². The van der Waals surface area contributed by atoms with Crippen molar-refractivity contribution >= 4 is 17.7 Å². The van der Waals surface area contributed by atoms with Crippen LogP contribution in [-0.4, -0.2) is 36.3 Å². The van der Waals surface area contributed by atoms with Crippen LogP contribution in [0.4, 0.5) is 0 Å². The highest BCUT2D eigenvalue weighted by atomic mass is 32.2. The maximum Gasteiger partial charge on any atom is 0.310 e. The lowest BCUT2D eigenvalue weighted by Gasteiger charge is -2.19. The molecule has 104 valence electrons. The largest absolute Gasteiger partial charge is 0.493 e. The highest BCUT2D eigenvalue weighted by molar-refractivity contribution is 7.99. The summed E-state index contributed by atoms with van der Waals surface area (Å²) in [5, 5.41) is 9.32. The second kappa shape index (κ2) is 6.70. The number of carboxylic acids is 1. The van der Waals surface area contributed by atoms with E-state index in [0.29, 0.717) is 11.5 Å². The molecule has 1 saturated heterocycles. The van der Waals surface area contributed by atoms with Crippen LogP contribution in [0.5, 0.6) is 11.5 Å². The molecule has 1 aromatic carbocycles. The molecule has 5 heteroatoms. The number of carbonyl (C=O) groups is 1. The van der Waals surface area contributed by atoms with Crippen LogP contribution in [0.25, 0.3) is 0 Å². The SMILES string of the molecule is COc1ccccc1OCC(C(=O)O)C1CCSC1. The third kappa shape index (κ3) is 3.56. The van der Waals surface area contributed by atoms with Crippen LogP contribution in [0.3, 0.4) is 0 Å². The molecule has 0 radical (unpaired) electrons. The molecule has 1 N–H and O–H groups in total. The Balaban J connectivity index is 2.00. The monoisotopic (exact) mass is 282 g/mol. The first-order valence-electron chi connectivity index (χ1n) is 6.28. The second-order valence-electron chi connectivity index (χ2n) is 4.53. The van der Waals surface area contributed by atoms with Gasteiger partial charge in [0.1, 0.15) is 6.61 Å². The van der Waals surface area contributed by atoms with E-state index in [0.717, 1.165) is 17.9 Å². The number of hydrogen-bond donors (Lipinski definition) is 1. The van der Waals surface area contributed by atoms with Crippen LogP contribution in [-0.2, 0) is 4.79 Å². The molecule has 2 unspecified atom stereocenters. The van der Waals surface area contributed by atoms with Crippen molar-refractivity contribution in [3.05, 3.63) is 24.3 Å². The summed E-state index contributed by atoms with van der Waals surface area (Å²) in [7, 11) is 1.57. The molecule has 1 aliphatic heterocycles. The molecule has 1 aromatic rings. The first-order valence-corrected chi connectivity index (χ1v) is 7.44. The van der Waals surface area contributed by atoms with E-state index in [2.05, 4.69) is 0 Å². The number of thioether (sulfide) groups is 1. The van der Waals surface area contributed by atoms with E-state index in [9.17, 15) is 9.90 Å². The van der Waals surface area contributed by atoms with Crippen molar-refractivity contribution in [2.75, 3.05) is 25.2 Å². The Morgan fingerprint density at radius 3 is 2.79 bits per heavy atom. The molecule has 0 aromatic heterocycles. The molecule has 2 rings (SSSR count). The highest BCUT2D eigenvalue weighted by Crippen LogP contribution is 2.32. The van der Waals surface area contributed by atoms with Crippen molar-refractivity contribution in [1.82, 2.24) is 0 Å². The number of benzene rings is 1. The Morgan fingerprint density at radius 1 is 1.47 bits per heavy atom. The van der Waals surface area contributed by atoms with Gasteiger partial charge in [0, 0.05) is 0 Å². The number of ether oxygens (including phenoxy) is 2. The number of methoxy groups -OCH3 is 1. The van der Waals surface area contributed by atoms with Gasteiger partial charge in [0.15, 0.2) is 11.5 Å². The third-order valence-corrected chi connectivity index (χ3v) is 4.53. The van der Waals surface area contributed by atoms with E-state index in [-0.39, 0.29) is 12.5 Å². The summed E-state index contributed by atoms with van der Waals surface area (Å²) < 4.78 is 10.8. The van der Waals surface area contributed by atoms with Crippen molar-refractivity contribution in [2.45, 2.75) is 6.42 Å². The van der Waals surface area contributed by atoms with Gasteiger partial charge in [0.05, 0.1) is 13.0 Å². The first kappa shape index (κ1) is 14.1. The predicted molar refractivity (Wildman–Crippen MR) is 75.0 cm³/mol. The second-order valence-corrected chi connectivity index (χ2v) is 5.68. The average Bonchev–Trinajstić information content (AvgIpc) is 2.93. The molecule has 1 aliphatic rings. The van der Waals surface area contributed by atoms with Gasteiger partial charge in [-0.05, 0) is 36.0 Å². The van der Waals surface area contributed by atoms with Gasteiger partial charge >= 0.3 is 5.97 Å². The molecule has 0 bridgehead atoms. The smallest absolute Gasteiger partial charge is 0.310 e. The van der Waals surface area contributed by atoms with Gasteiger partial charge in [0.25, 0.3) is 0 Å². The molecular weight excluding hydrogens is 264 g/mol. The van der Waals surface area contributed by atoms with Gasteiger partial charge < -0.3 is 14.6 Å². The number of para-hydroxylation sites is 2. The van der Waals surface area contributed by atoms with E-state index < -0.39 is 11.9 Å².